The number of aliphatic hydroxyl groups excluding tert-OH is 1. The van der Waals surface area contributed by atoms with E-state index in [-0.39, 0.29) is 24.0 Å². The molecule has 0 amide bonds. The Kier molecular flexibility index (Phi) is 15.4. The van der Waals surface area contributed by atoms with E-state index in [1.807, 2.05) is 6.92 Å². The molecule has 1 atom stereocenters. The van der Waals surface area contributed by atoms with Crippen LogP contribution < -0.4 is 10.6 Å². The quantitative estimate of drug-likeness (QED) is 0.314. The third-order valence-electron chi connectivity index (χ3n) is 2.23. The summed E-state index contributed by atoms with van der Waals surface area (Å²) in [4.78, 5) is 4.44. The maximum absolute atomic E-state index is 9.79. The lowest BCUT2D eigenvalue weighted by Gasteiger charge is -2.16. The molecule has 20 heavy (non-hydrogen) atoms. The Balaban J connectivity index is 0. The van der Waals surface area contributed by atoms with Crippen LogP contribution in [-0.4, -0.2) is 50.0 Å². The first kappa shape index (κ1) is 22.2. The summed E-state index contributed by atoms with van der Waals surface area (Å²) in [7, 11) is 0. The van der Waals surface area contributed by atoms with Crippen molar-refractivity contribution in [1.82, 2.24) is 10.6 Å². The molecule has 3 N–H and O–H groups in total. The predicted molar refractivity (Wildman–Crippen MR) is 95.9 cm³/mol. The Morgan fingerprint density at radius 3 is 2.25 bits per heavy atom. The summed E-state index contributed by atoms with van der Waals surface area (Å²) in [6.07, 6.45) is -0.512. The molecule has 0 aromatic heterocycles. The van der Waals surface area contributed by atoms with Gasteiger partial charge in [-0.2, -0.15) is 0 Å². The van der Waals surface area contributed by atoms with Crippen molar-refractivity contribution >= 4 is 29.9 Å². The lowest BCUT2D eigenvalue weighted by atomic mass is 10.2. The maximum atomic E-state index is 9.79. The number of rotatable bonds is 9. The van der Waals surface area contributed by atoms with E-state index in [2.05, 4.69) is 43.3 Å². The molecule has 0 aliphatic rings. The predicted octanol–water partition coefficient (Wildman–Crippen LogP) is 1.85. The summed E-state index contributed by atoms with van der Waals surface area (Å²) in [5, 5.41) is 16.1. The van der Waals surface area contributed by atoms with Crippen LogP contribution in [-0.2, 0) is 4.74 Å². The molecule has 0 rings (SSSR count). The minimum atomic E-state index is -0.512. The Hall–Kier alpha value is -0.0800. The van der Waals surface area contributed by atoms with Crippen molar-refractivity contribution in [3.05, 3.63) is 0 Å². The Morgan fingerprint density at radius 2 is 1.75 bits per heavy atom. The van der Waals surface area contributed by atoms with Crippen LogP contribution in [0.2, 0.25) is 0 Å². The molecule has 0 saturated heterocycles. The molecule has 122 valence electrons. The van der Waals surface area contributed by atoms with E-state index in [0.717, 1.165) is 19.0 Å². The second-order valence-corrected chi connectivity index (χ2v) is 5.58. The highest BCUT2D eigenvalue weighted by atomic mass is 127. The highest BCUT2D eigenvalue weighted by molar-refractivity contribution is 14.0. The number of guanidine groups is 1. The van der Waals surface area contributed by atoms with Crippen molar-refractivity contribution in [2.75, 3.05) is 32.8 Å². The Labute approximate surface area is 141 Å². The lowest BCUT2D eigenvalue weighted by molar-refractivity contribution is 0.0280. The van der Waals surface area contributed by atoms with Gasteiger partial charge in [0.1, 0.15) is 0 Å². The molecule has 0 heterocycles. The van der Waals surface area contributed by atoms with Crippen molar-refractivity contribution in [1.29, 1.82) is 0 Å². The first-order valence-corrected chi connectivity index (χ1v) is 7.23. The number of ether oxygens (including phenoxy) is 1. The lowest BCUT2D eigenvalue weighted by Crippen LogP contribution is -2.42. The van der Waals surface area contributed by atoms with Crippen LogP contribution >= 0.6 is 24.0 Å². The number of nitrogens with zero attached hydrogens (tertiary/aromatic N) is 1. The molecule has 0 aromatic carbocycles. The maximum Gasteiger partial charge on any atom is 0.191 e. The number of halogens is 1. The van der Waals surface area contributed by atoms with Gasteiger partial charge in [0.2, 0.25) is 0 Å². The molecule has 0 bridgehead atoms. The normalized spacial score (nSPS) is 13.3. The zero-order chi connectivity index (χ0) is 14.7. The summed E-state index contributed by atoms with van der Waals surface area (Å²) in [6.45, 7) is 13.5. The van der Waals surface area contributed by atoms with Gasteiger partial charge in [-0.3, -0.25) is 4.99 Å². The summed E-state index contributed by atoms with van der Waals surface area (Å²) in [5.41, 5.74) is 0. The van der Waals surface area contributed by atoms with Gasteiger partial charge < -0.3 is 20.5 Å². The number of hydrogen-bond acceptors (Lipinski definition) is 3. The van der Waals surface area contributed by atoms with Gasteiger partial charge >= 0.3 is 0 Å². The van der Waals surface area contributed by atoms with Crippen LogP contribution in [0.3, 0.4) is 0 Å². The SMILES string of the molecule is CCNC(=NCC(C)C)NCC(O)COCC(C)C.I. The molecule has 0 fully saturated rings. The molecule has 1 unspecified atom stereocenters. The van der Waals surface area contributed by atoms with E-state index < -0.39 is 6.10 Å². The van der Waals surface area contributed by atoms with Gasteiger partial charge in [-0.05, 0) is 18.8 Å². The van der Waals surface area contributed by atoms with Gasteiger partial charge in [-0.25, -0.2) is 0 Å². The van der Waals surface area contributed by atoms with Crippen LogP contribution in [0.1, 0.15) is 34.6 Å². The number of aliphatic hydroxyl groups is 1. The van der Waals surface area contributed by atoms with Crippen LogP contribution in [0.25, 0.3) is 0 Å². The van der Waals surface area contributed by atoms with Gasteiger partial charge in [0, 0.05) is 26.2 Å². The summed E-state index contributed by atoms with van der Waals surface area (Å²) in [5.74, 6) is 1.76. The molecule has 0 saturated carbocycles. The van der Waals surface area contributed by atoms with Crippen molar-refractivity contribution in [3.63, 3.8) is 0 Å². The van der Waals surface area contributed by atoms with Crippen LogP contribution in [0.5, 0.6) is 0 Å². The monoisotopic (exact) mass is 401 g/mol. The fourth-order valence-electron chi connectivity index (χ4n) is 1.33. The van der Waals surface area contributed by atoms with Crippen molar-refractivity contribution in [3.8, 4) is 0 Å². The standard InChI is InChI=1S/C14H31N3O2.HI/c1-6-15-14(16-7-11(2)3)17-8-13(18)10-19-9-12(4)5;/h11-13,18H,6-10H2,1-5H3,(H2,15,16,17);1H. The van der Waals surface area contributed by atoms with E-state index in [4.69, 9.17) is 4.74 Å². The van der Waals surface area contributed by atoms with E-state index in [1.165, 1.54) is 0 Å². The average Bonchev–Trinajstić information content (AvgIpc) is 2.32. The van der Waals surface area contributed by atoms with Crippen molar-refractivity contribution in [2.24, 2.45) is 16.8 Å². The number of aliphatic imine (C=N–C) groups is 1. The Bertz CT molecular complexity index is 249. The minimum Gasteiger partial charge on any atom is -0.389 e. The van der Waals surface area contributed by atoms with E-state index >= 15 is 0 Å². The molecular weight excluding hydrogens is 369 g/mol. The summed E-state index contributed by atoms with van der Waals surface area (Å²) in [6, 6.07) is 0. The molecule has 0 aliphatic carbocycles. The third-order valence-corrected chi connectivity index (χ3v) is 2.23. The highest BCUT2D eigenvalue weighted by Gasteiger charge is 2.06. The van der Waals surface area contributed by atoms with E-state index in [0.29, 0.717) is 31.6 Å². The summed E-state index contributed by atoms with van der Waals surface area (Å²) < 4.78 is 5.40. The molecule has 0 radical (unpaired) electrons. The first-order valence-electron chi connectivity index (χ1n) is 7.23. The molecule has 0 aromatic rings. The molecule has 0 spiro atoms. The van der Waals surface area contributed by atoms with Crippen molar-refractivity contribution in [2.45, 2.75) is 40.7 Å². The van der Waals surface area contributed by atoms with Gasteiger partial charge in [0.05, 0.1) is 12.7 Å². The molecule has 0 aliphatic heterocycles. The molecular formula is C14H32IN3O2. The van der Waals surface area contributed by atoms with Gasteiger partial charge in [-0.15, -0.1) is 24.0 Å². The van der Waals surface area contributed by atoms with Gasteiger partial charge in [-0.1, -0.05) is 27.7 Å². The molecule has 5 nitrogen and oxygen atoms in total. The fourth-order valence-corrected chi connectivity index (χ4v) is 1.33. The van der Waals surface area contributed by atoms with Crippen LogP contribution in [0.4, 0.5) is 0 Å². The average molecular weight is 401 g/mol. The van der Waals surface area contributed by atoms with Crippen LogP contribution in [0.15, 0.2) is 4.99 Å². The van der Waals surface area contributed by atoms with Crippen LogP contribution in [0, 0.1) is 11.8 Å². The second-order valence-electron chi connectivity index (χ2n) is 5.58. The Morgan fingerprint density at radius 1 is 1.10 bits per heavy atom. The highest BCUT2D eigenvalue weighted by Crippen LogP contribution is 1.94. The molecule has 6 heteroatoms. The minimum absolute atomic E-state index is 0. The zero-order valence-corrected chi connectivity index (χ0v) is 15.8. The number of hydrogen-bond donors (Lipinski definition) is 3. The fraction of sp³-hybridized carbons (Fsp3) is 0.929. The van der Waals surface area contributed by atoms with E-state index in [9.17, 15) is 5.11 Å². The van der Waals surface area contributed by atoms with Gasteiger partial charge in [0.15, 0.2) is 5.96 Å². The number of nitrogens with one attached hydrogen (secondary N) is 2. The van der Waals surface area contributed by atoms with Crippen molar-refractivity contribution < 1.29 is 9.84 Å². The largest absolute Gasteiger partial charge is 0.389 e. The van der Waals surface area contributed by atoms with E-state index in [1.54, 1.807) is 0 Å². The first-order chi connectivity index (χ1) is 8.95. The smallest absolute Gasteiger partial charge is 0.191 e. The second kappa shape index (κ2) is 13.9. The zero-order valence-electron chi connectivity index (χ0n) is 13.5. The van der Waals surface area contributed by atoms with Gasteiger partial charge in [0.25, 0.3) is 0 Å². The third kappa shape index (κ3) is 14.3. The topological polar surface area (TPSA) is 65.9 Å². The summed E-state index contributed by atoms with van der Waals surface area (Å²) >= 11 is 0.